The smallest absolute Gasteiger partial charge is 0.337 e. The lowest BCUT2D eigenvalue weighted by molar-refractivity contribution is -0.122. The molecule has 8 nitrogen and oxygen atoms in total. The van der Waals surface area contributed by atoms with Crippen molar-refractivity contribution in [1.82, 2.24) is 0 Å². The van der Waals surface area contributed by atoms with Gasteiger partial charge in [0.1, 0.15) is 19.0 Å². The maximum absolute atomic E-state index is 13.2. The number of amides is 2. The predicted molar refractivity (Wildman–Crippen MR) is 107 cm³/mol. The number of rotatable bonds is 3. The third-order valence-corrected chi connectivity index (χ3v) is 4.90. The molecule has 0 radical (unpaired) electrons. The van der Waals surface area contributed by atoms with Gasteiger partial charge >= 0.3 is 5.97 Å². The fourth-order valence-electron chi connectivity index (χ4n) is 3.59. The van der Waals surface area contributed by atoms with Crippen LogP contribution in [-0.4, -0.2) is 45.2 Å². The van der Waals surface area contributed by atoms with Gasteiger partial charge in [-0.3, -0.25) is 9.59 Å². The fraction of sp³-hybridized carbons (Fsp3) is 0.227. The van der Waals surface area contributed by atoms with Crippen molar-refractivity contribution in [2.24, 2.45) is 0 Å². The standard InChI is InChI=1S/C22H19NO7/c1-12(24)23-16-10-14(22(26)28-3)4-6-15(16)19(21(23)25)20(27-2)13-5-7-17-18(11-13)30-9-8-29-17/h4-7,10-11H,8-9H2,1-3H3/b20-19+. The summed E-state index contributed by atoms with van der Waals surface area (Å²) in [5.74, 6) is -0.138. The minimum atomic E-state index is -0.565. The van der Waals surface area contributed by atoms with Crippen LogP contribution in [0, 0.1) is 0 Å². The summed E-state index contributed by atoms with van der Waals surface area (Å²) in [6.45, 7) is 2.17. The molecular formula is C22H19NO7. The average molecular weight is 409 g/mol. The summed E-state index contributed by atoms with van der Waals surface area (Å²) in [5, 5.41) is 0. The molecule has 0 saturated carbocycles. The number of benzene rings is 2. The SMILES string of the molecule is COC(=O)c1ccc2c(c1)N(C(C)=O)C(=O)/C2=C(/OC)c1ccc2c(c1)OCCO2. The second-order valence-corrected chi connectivity index (χ2v) is 6.65. The van der Waals surface area contributed by atoms with E-state index in [1.165, 1.54) is 27.2 Å². The number of hydrogen-bond acceptors (Lipinski definition) is 7. The van der Waals surface area contributed by atoms with E-state index in [9.17, 15) is 14.4 Å². The molecule has 8 heteroatoms. The van der Waals surface area contributed by atoms with Gasteiger partial charge in [-0.1, -0.05) is 6.07 Å². The molecule has 2 aromatic carbocycles. The number of esters is 1. The molecule has 2 heterocycles. The largest absolute Gasteiger partial charge is 0.495 e. The second-order valence-electron chi connectivity index (χ2n) is 6.65. The number of hydrogen-bond donors (Lipinski definition) is 0. The van der Waals surface area contributed by atoms with Crippen molar-refractivity contribution < 1.29 is 33.3 Å². The van der Waals surface area contributed by atoms with Crippen molar-refractivity contribution in [3.63, 3.8) is 0 Å². The number of fused-ring (bicyclic) bond motifs is 2. The van der Waals surface area contributed by atoms with E-state index in [-0.39, 0.29) is 16.9 Å². The van der Waals surface area contributed by atoms with Crippen molar-refractivity contribution in [3.05, 3.63) is 53.1 Å². The fourth-order valence-corrected chi connectivity index (χ4v) is 3.59. The van der Waals surface area contributed by atoms with Crippen LogP contribution < -0.4 is 14.4 Å². The van der Waals surface area contributed by atoms with Gasteiger partial charge in [0, 0.05) is 18.1 Å². The number of ether oxygens (including phenoxy) is 4. The normalized spacial score (nSPS) is 16.1. The van der Waals surface area contributed by atoms with Crippen LogP contribution in [0.4, 0.5) is 5.69 Å². The first-order chi connectivity index (χ1) is 14.5. The van der Waals surface area contributed by atoms with Crippen LogP contribution in [-0.2, 0) is 19.1 Å². The van der Waals surface area contributed by atoms with Crippen molar-refractivity contribution in [2.45, 2.75) is 6.92 Å². The van der Waals surface area contributed by atoms with Crippen molar-refractivity contribution in [2.75, 3.05) is 32.3 Å². The van der Waals surface area contributed by atoms with Gasteiger partial charge in [0.25, 0.3) is 5.91 Å². The molecule has 0 aromatic heterocycles. The second kappa shape index (κ2) is 7.55. The number of methoxy groups -OCH3 is 2. The van der Waals surface area contributed by atoms with Crippen LogP contribution in [0.1, 0.15) is 28.4 Å². The zero-order chi connectivity index (χ0) is 21.4. The van der Waals surface area contributed by atoms with Gasteiger partial charge in [-0.25, -0.2) is 9.69 Å². The topological polar surface area (TPSA) is 91.4 Å². The molecule has 0 bridgehead atoms. The minimum absolute atomic E-state index is 0.218. The Morgan fingerprint density at radius 1 is 0.933 bits per heavy atom. The molecule has 2 aliphatic rings. The first kappa shape index (κ1) is 19.5. The minimum Gasteiger partial charge on any atom is -0.495 e. The number of carbonyl (C=O) groups is 3. The maximum atomic E-state index is 13.2. The Morgan fingerprint density at radius 3 is 2.30 bits per heavy atom. The first-order valence-electron chi connectivity index (χ1n) is 9.22. The summed E-state index contributed by atoms with van der Waals surface area (Å²) in [6, 6.07) is 9.84. The molecule has 0 fully saturated rings. The monoisotopic (exact) mass is 409 g/mol. The third kappa shape index (κ3) is 3.06. The van der Waals surface area contributed by atoms with E-state index in [1.54, 1.807) is 30.3 Å². The highest BCUT2D eigenvalue weighted by Crippen LogP contribution is 2.43. The van der Waals surface area contributed by atoms with E-state index in [2.05, 4.69) is 0 Å². The lowest BCUT2D eigenvalue weighted by Crippen LogP contribution is -2.31. The first-order valence-corrected chi connectivity index (χ1v) is 9.22. The van der Waals surface area contributed by atoms with Gasteiger partial charge in [-0.15, -0.1) is 0 Å². The summed E-state index contributed by atoms with van der Waals surface area (Å²) < 4.78 is 21.5. The van der Waals surface area contributed by atoms with E-state index in [1.807, 2.05) is 0 Å². The van der Waals surface area contributed by atoms with Crippen molar-refractivity contribution >= 4 is 34.8 Å². The summed E-state index contributed by atoms with van der Waals surface area (Å²) in [4.78, 5) is 38.4. The van der Waals surface area contributed by atoms with Crippen LogP contribution in [0.3, 0.4) is 0 Å². The van der Waals surface area contributed by atoms with Gasteiger partial charge in [0.15, 0.2) is 11.5 Å². The molecule has 0 atom stereocenters. The number of nitrogens with zero attached hydrogens (tertiary/aromatic N) is 1. The summed E-state index contributed by atoms with van der Waals surface area (Å²) >= 11 is 0. The highest BCUT2D eigenvalue weighted by molar-refractivity contribution is 6.43. The number of anilines is 1. The van der Waals surface area contributed by atoms with Gasteiger partial charge in [0.2, 0.25) is 5.91 Å². The Kier molecular flexibility index (Phi) is 4.91. The Hall–Kier alpha value is -3.81. The zero-order valence-corrected chi connectivity index (χ0v) is 16.7. The van der Waals surface area contributed by atoms with E-state index in [0.717, 1.165) is 4.90 Å². The third-order valence-electron chi connectivity index (χ3n) is 4.90. The Morgan fingerprint density at radius 2 is 1.63 bits per heavy atom. The van der Waals surface area contributed by atoms with Gasteiger partial charge in [0.05, 0.1) is 31.0 Å². The van der Waals surface area contributed by atoms with Crippen LogP contribution in [0.25, 0.3) is 11.3 Å². The Labute approximate surface area is 172 Å². The molecule has 2 aromatic rings. The van der Waals surface area contributed by atoms with E-state index in [4.69, 9.17) is 18.9 Å². The lowest BCUT2D eigenvalue weighted by atomic mass is 10.0. The highest BCUT2D eigenvalue weighted by atomic mass is 16.6. The van der Waals surface area contributed by atoms with Crippen LogP contribution in [0.2, 0.25) is 0 Å². The summed E-state index contributed by atoms with van der Waals surface area (Å²) in [6.07, 6.45) is 0. The average Bonchev–Trinajstić information content (AvgIpc) is 3.05. The lowest BCUT2D eigenvalue weighted by Gasteiger charge is -2.19. The molecule has 0 unspecified atom stereocenters. The molecule has 30 heavy (non-hydrogen) atoms. The maximum Gasteiger partial charge on any atom is 0.337 e. The van der Waals surface area contributed by atoms with Crippen molar-refractivity contribution in [1.29, 1.82) is 0 Å². The predicted octanol–water partition coefficient (Wildman–Crippen LogP) is 2.65. The quantitative estimate of drug-likeness (QED) is 0.437. The Bertz CT molecular complexity index is 1100. The van der Waals surface area contributed by atoms with Crippen LogP contribution in [0.5, 0.6) is 11.5 Å². The Balaban J connectivity index is 1.91. The van der Waals surface area contributed by atoms with Gasteiger partial charge in [-0.2, -0.15) is 0 Å². The number of imide groups is 1. The zero-order valence-electron chi connectivity index (χ0n) is 16.7. The highest BCUT2D eigenvalue weighted by Gasteiger charge is 2.39. The molecular weight excluding hydrogens is 390 g/mol. The molecule has 0 spiro atoms. The number of carbonyl (C=O) groups excluding carboxylic acids is 3. The summed E-state index contributed by atoms with van der Waals surface area (Å²) in [7, 11) is 2.71. The van der Waals surface area contributed by atoms with Crippen LogP contribution in [0.15, 0.2) is 36.4 Å². The van der Waals surface area contributed by atoms with Crippen molar-refractivity contribution in [3.8, 4) is 11.5 Å². The van der Waals surface area contributed by atoms with Gasteiger partial charge in [-0.05, 0) is 30.3 Å². The van der Waals surface area contributed by atoms with E-state index >= 15 is 0 Å². The van der Waals surface area contributed by atoms with E-state index < -0.39 is 17.8 Å². The van der Waals surface area contributed by atoms with Crippen LogP contribution >= 0.6 is 0 Å². The molecule has 0 aliphatic carbocycles. The van der Waals surface area contributed by atoms with Gasteiger partial charge < -0.3 is 18.9 Å². The molecule has 0 saturated heterocycles. The summed E-state index contributed by atoms with van der Waals surface area (Å²) in [5.41, 5.74) is 1.83. The molecule has 154 valence electrons. The van der Waals surface area contributed by atoms with E-state index in [0.29, 0.717) is 41.5 Å². The molecule has 2 amide bonds. The molecule has 2 aliphatic heterocycles. The molecule has 0 N–H and O–H groups in total. The molecule has 4 rings (SSSR count).